The van der Waals surface area contributed by atoms with Gasteiger partial charge in [0.05, 0.1) is 11.9 Å². The normalized spacial score (nSPS) is 11.8. The van der Waals surface area contributed by atoms with Gasteiger partial charge in [-0.25, -0.2) is 9.18 Å². The summed E-state index contributed by atoms with van der Waals surface area (Å²) < 4.78 is 18.0. The van der Waals surface area contributed by atoms with Crippen LogP contribution in [0.1, 0.15) is 27.8 Å². The average Bonchev–Trinajstić information content (AvgIpc) is 3.13. The van der Waals surface area contributed by atoms with Crippen LogP contribution in [-0.4, -0.2) is 32.9 Å². The Balaban J connectivity index is 1.68. The van der Waals surface area contributed by atoms with Crippen LogP contribution >= 0.6 is 0 Å². The second-order valence-corrected chi connectivity index (χ2v) is 5.27. The van der Waals surface area contributed by atoms with Gasteiger partial charge in [0.25, 0.3) is 0 Å². The number of hydrogen-bond acceptors (Lipinski definition) is 5. The number of carbonyl (C=O) groups excluding carboxylic acids is 2. The van der Waals surface area contributed by atoms with E-state index in [1.165, 1.54) is 42.2 Å². The van der Waals surface area contributed by atoms with Crippen LogP contribution in [0.3, 0.4) is 0 Å². The lowest BCUT2D eigenvalue weighted by molar-refractivity contribution is 0.0312. The second-order valence-electron chi connectivity index (χ2n) is 5.27. The van der Waals surface area contributed by atoms with E-state index in [1.54, 1.807) is 12.1 Å². The molecule has 7 heteroatoms. The van der Waals surface area contributed by atoms with Crippen molar-refractivity contribution >= 4 is 11.8 Å². The first-order chi connectivity index (χ1) is 12.0. The maximum atomic E-state index is 12.9. The maximum absolute atomic E-state index is 12.9. The summed E-state index contributed by atoms with van der Waals surface area (Å²) in [6.07, 6.45) is 0.240. The molecule has 0 spiro atoms. The quantitative estimate of drug-likeness (QED) is 0.528. The monoisotopic (exact) mass is 339 g/mol. The molecule has 0 saturated carbocycles. The number of rotatable bonds is 5. The van der Waals surface area contributed by atoms with E-state index in [0.717, 1.165) is 0 Å². The fourth-order valence-electron chi connectivity index (χ4n) is 2.17. The summed E-state index contributed by atoms with van der Waals surface area (Å²) >= 11 is 0. The van der Waals surface area contributed by atoms with Crippen molar-refractivity contribution in [1.82, 2.24) is 15.0 Å². The highest BCUT2D eigenvalue weighted by Gasteiger charge is 2.22. The molecular formula is C18H14FN3O3. The number of hydrogen-bond donors (Lipinski definition) is 0. The van der Waals surface area contributed by atoms with Gasteiger partial charge in [-0.15, -0.1) is 5.10 Å². The standard InChI is InChI=1S/C18H14FN3O3/c1-12(17(23)13-7-9-14(19)10-8-13)25-18(24)16-11-20-22(21-16)15-5-3-2-4-6-15/h2-12H,1H3. The van der Waals surface area contributed by atoms with Crippen LogP contribution in [0.15, 0.2) is 60.8 Å². The van der Waals surface area contributed by atoms with Crippen molar-refractivity contribution in [2.75, 3.05) is 0 Å². The molecule has 1 unspecified atom stereocenters. The molecule has 1 heterocycles. The molecule has 25 heavy (non-hydrogen) atoms. The lowest BCUT2D eigenvalue weighted by Gasteiger charge is -2.11. The number of halogens is 1. The zero-order valence-corrected chi connectivity index (χ0v) is 13.3. The highest BCUT2D eigenvalue weighted by atomic mass is 19.1. The zero-order chi connectivity index (χ0) is 17.8. The van der Waals surface area contributed by atoms with Crippen LogP contribution in [-0.2, 0) is 4.74 Å². The third-order valence-corrected chi connectivity index (χ3v) is 3.47. The molecule has 126 valence electrons. The van der Waals surface area contributed by atoms with E-state index < -0.39 is 23.7 Å². The van der Waals surface area contributed by atoms with E-state index in [2.05, 4.69) is 10.2 Å². The lowest BCUT2D eigenvalue weighted by atomic mass is 10.1. The minimum atomic E-state index is -1.03. The van der Waals surface area contributed by atoms with Crippen LogP contribution in [0.25, 0.3) is 5.69 Å². The van der Waals surface area contributed by atoms with E-state index in [9.17, 15) is 14.0 Å². The van der Waals surface area contributed by atoms with Crippen molar-refractivity contribution in [2.24, 2.45) is 0 Å². The minimum absolute atomic E-state index is 0.0115. The van der Waals surface area contributed by atoms with Gasteiger partial charge >= 0.3 is 5.97 Å². The van der Waals surface area contributed by atoms with E-state index >= 15 is 0 Å². The Hall–Kier alpha value is -3.35. The van der Waals surface area contributed by atoms with Crippen LogP contribution in [0.5, 0.6) is 0 Å². The maximum Gasteiger partial charge on any atom is 0.361 e. The number of ether oxygens (including phenoxy) is 1. The van der Waals surface area contributed by atoms with Crippen molar-refractivity contribution in [2.45, 2.75) is 13.0 Å². The summed E-state index contributed by atoms with van der Waals surface area (Å²) in [7, 11) is 0. The Morgan fingerprint density at radius 3 is 2.44 bits per heavy atom. The molecule has 0 radical (unpaired) electrons. The first kappa shape index (κ1) is 16.5. The Kier molecular flexibility index (Phi) is 4.65. The summed E-state index contributed by atoms with van der Waals surface area (Å²) in [4.78, 5) is 25.6. The highest BCUT2D eigenvalue weighted by molar-refractivity contribution is 6.01. The van der Waals surface area contributed by atoms with Gasteiger partial charge in [0.1, 0.15) is 5.82 Å². The Morgan fingerprint density at radius 2 is 1.76 bits per heavy atom. The largest absolute Gasteiger partial charge is 0.449 e. The number of nitrogens with zero attached hydrogens (tertiary/aromatic N) is 3. The highest BCUT2D eigenvalue weighted by Crippen LogP contribution is 2.10. The zero-order valence-electron chi connectivity index (χ0n) is 13.3. The predicted molar refractivity (Wildman–Crippen MR) is 87.0 cm³/mol. The SMILES string of the molecule is CC(OC(=O)c1cnn(-c2ccccc2)n1)C(=O)c1ccc(F)cc1. The molecule has 1 aromatic heterocycles. The minimum Gasteiger partial charge on any atom is -0.449 e. The van der Waals surface area contributed by atoms with Crippen molar-refractivity contribution in [3.63, 3.8) is 0 Å². The molecule has 3 rings (SSSR count). The molecule has 2 aromatic carbocycles. The smallest absolute Gasteiger partial charge is 0.361 e. The average molecular weight is 339 g/mol. The molecule has 0 saturated heterocycles. The van der Waals surface area contributed by atoms with Crippen molar-refractivity contribution < 1.29 is 18.7 Å². The van der Waals surface area contributed by atoms with Gasteiger partial charge in [-0.05, 0) is 43.3 Å². The van der Waals surface area contributed by atoms with Crippen LogP contribution in [0.4, 0.5) is 4.39 Å². The molecule has 6 nitrogen and oxygen atoms in total. The van der Waals surface area contributed by atoms with Crippen LogP contribution in [0, 0.1) is 5.82 Å². The van der Waals surface area contributed by atoms with E-state index in [1.807, 2.05) is 18.2 Å². The summed E-state index contributed by atoms with van der Waals surface area (Å²) in [6, 6.07) is 14.1. The second kappa shape index (κ2) is 7.04. The fourth-order valence-corrected chi connectivity index (χ4v) is 2.17. The van der Waals surface area contributed by atoms with Gasteiger partial charge in [0.2, 0.25) is 5.78 Å². The third kappa shape index (κ3) is 3.77. The van der Waals surface area contributed by atoms with Gasteiger partial charge in [-0.3, -0.25) is 4.79 Å². The molecule has 0 aliphatic heterocycles. The molecule has 0 N–H and O–H groups in total. The molecule has 1 atom stereocenters. The molecule has 0 aliphatic carbocycles. The van der Waals surface area contributed by atoms with E-state index in [-0.39, 0.29) is 11.3 Å². The molecule has 0 fully saturated rings. The fraction of sp³-hybridized carbons (Fsp3) is 0.111. The van der Waals surface area contributed by atoms with Crippen molar-refractivity contribution in [3.05, 3.63) is 77.9 Å². The van der Waals surface area contributed by atoms with Crippen LogP contribution in [0.2, 0.25) is 0 Å². The molecule has 3 aromatic rings. The molecule has 0 aliphatic rings. The van der Waals surface area contributed by atoms with E-state index in [4.69, 9.17) is 4.74 Å². The lowest BCUT2D eigenvalue weighted by Crippen LogP contribution is -2.24. The Labute approximate surface area is 142 Å². The number of aromatic nitrogens is 3. The molecular weight excluding hydrogens is 325 g/mol. The van der Waals surface area contributed by atoms with E-state index in [0.29, 0.717) is 5.69 Å². The summed E-state index contributed by atoms with van der Waals surface area (Å²) in [5.41, 5.74) is 0.939. The number of ketones is 1. The summed E-state index contributed by atoms with van der Waals surface area (Å²) in [5.74, 6) is -1.63. The Morgan fingerprint density at radius 1 is 1.08 bits per heavy atom. The number of carbonyl (C=O) groups is 2. The van der Waals surface area contributed by atoms with Gasteiger partial charge in [0.15, 0.2) is 11.8 Å². The van der Waals surface area contributed by atoms with Crippen molar-refractivity contribution in [1.29, 1.82) is 0 Å². The predicted octanol–water partition coefficient (Wildman–Crippen LogP) is 2.83. The number of para-hydroxylation sites is 1. The van der Waals surface area contributed by atoms with Gasteiger partial charge < -0.3 is 4.74 Å². The number of esters is 1. The van der Waals surface area contributed by atoms with Gasteiger partial charge in [-0.2, -0.15) is 9.90 Å². The summed E-state index contributed by atoms with van der Waals surface area (Å²) in [5, 5.41) is 8.05. The first-order valence-electron chi connectivity index (χ1n) is 7.53. The topological polar surface area (TPSA) is 74.1 Å². The van der Waals surface area contributed by atoms with Crippen LogP contribution < -0.4 is 0 Å². The summed E-state index contributed by atoms with van der Waals surface area (Å²) in [6.45, 7) is 1.45. The molecule has 0 bridgehead atoms. The third-order valence-electron chi connectivity index (χ3n) is 3.47. The van der Waals surface area contributed by atoms with Gasteiger partial charge in [0, 0.05) is 5.56 Å². The first-order valence-corrected chi connectivity index (χ1v) is 7.53. The van der Waals surface area contributed by atoms with Gasteiger partial charge in [-0.1, -0.05) is 18.2 Å². The number of Topliss-reactive ketones (excluding diaryl/α,β-unsaturated/α-hetero) is 1. The number of benzene rings is 2. The molecule has 0 amide bonds. The van der Waals surface area contributed by atoms with Crippen molar-refractivity contribution in [3.8, 4) is 5.69 Å². The Bertz CT molecular complexity index is 891.